The average Bonchev–Trinajstić information content (AvgIpc) is 2.46. The Balaban J connectivity index is 1.88. The van der Waals surface area contributed by atoms with Crippen molar-refractivity contribution in [2.24, 2.45) is 11.3 Å². The number of carboxylic acids is 1. The molecule has 0 radical (unpaired) electrons. The molecule has 0 amide bonds. The molecule has 1 aromatic carbocycles. The number of aliphatic carboxylic acids is 1. The molecule has 0 atom stereocenters. The zero-order chi connectivity index (χ0) is 14.6. The summed E-state index contributed by atoms with van der Waals surface area (Å²) in [5, 5.41) is 8.98. The van der Waals surface area contributed by atoms with E-state index in [4.69, 9.17) is 9.84 Å². The van der Waals surface area contributed by atoms with Crippen LogP contribution in [0.1, 0.15) is 38.2 Å². The van der Waals surface area contributed by atoms with Gasteiger partial charge in [-0.15, -0.1) is 0 Å². The number of hydrogen-bond donors (Lipinski definition) is 1. The van der Waals surface area contributed by atoms with E-state index in [1.54, 1.807) is 0 Å². The molecule has 4 nitrogen and oxygen atoms in total. The average molecular weight is 276 g/mol. The summed E-state index contributed by atoms with van der Waals surface area (Å²) >= 11 is 0. The van der Waals surface area contributed by atoms with Gasteiger partial charge in [0.15, 0.2) is 0 Å². The van der Waals surface area contributed by atoms with Crippen molar-refractivity contribution in [1.29, 1.82) is 0 Å². The highest BCUT2D eigenvalue weighted by atomic mass is 16.5. The first kappa shape index (κ1) is 14.6. The largest absolute Gasteiger partial charge is 0.481 e. The summed E-state index contributed by atoms with van der Waals surface area (Å²) in [4.78, 5) is 23.1. The standard InChI is InChI=1S/C16H20O4/c1-16(9-7-13(8-10-16)14(17)18)15(19)20-11-12-5-3-2-4-6-12/h2-6,13H,7-11H2,1H3,(H,17,18)/t13-,16-. The van der Waals surface area contributed by atoms with Gasteiger partial charge in [-0.05, 0) is 38.2 Å². The maximum atomic E-state index is 12.2. The molecule has 1 N–H and O–H groups in total. The highest BCUT2D eigenvalue weighted by molar-refractivity contribution is 5.77. The fourth-order valence-corrected chi connectivity index (χ4v) is 2.60. The predicted molar refractivity (Wildman–Crippen MR) is 73.9 cm³/mol. The minimum atomic E-state index is -0.760. The van der Waals surface area contributed by atoms with E-state index in [1.165, 1.54) is 0 Å². The zero-order valence-electron chi connectivity index (χ0n) is 11.7. The fourth-order valence-electron chi connectivity index (χ4n) is 2.60. The maximum absolute atomic E-state index is 12.2. The van der Waals surface area contributed by atoms with Crippen molar-refractivity contribution >= 4 is 11.9 Å². The fraction of sp³-hybridized carbons (Fsp3) is 0.500. The van der Waals surface area contributed by atoms with Gasteiger partial charge in [0.1, 0.15) is 6.61 Å². The number of hydrogen-bond acceptors (Lipinski definition) is 3. The number of carbonyl (C=O) groups is 2. The number of carbonyl (C=O) groups excluding carboxylic acids is 1. The lowest BCUT2D eigenvalue weighted by Crippen LogP contribution is -2.35. The Morgan fingerprint density at radius 3 is 2.40 bits per heavy atom. The van der Waals surface area contributed by atoms with Gasteiger partial charge in [0.25, 0.3) is 0 Å². The van der Waals surface area contributed by atoms with Crippen LogP contribution in [0.25, 0.3) is 0 Å². The Morgan fingerprint density at radius 1 is 1.25 bits per heavy atom. The van der Waals surface area contributed by atoms with E-state index in [2.05, 4.69) is 0 Å². The molecule has 0 bridgehead atoms. The molecule has 0 heterocycles. The van der Waals surface area contributed by atoms with Gasteiger partial charge < -0.3 is 9.84 Å². The van der Waals surface area contributed by atoms with E-state index in [1.807, 2.05) is 37.3 Å². The molecule has 1 fully saturated rings. The predicted octanol–water partition coefficient (Wildman–Crippen LogP) is 3.01. The molecule has 1 aliphatic carbocycles. The van der Waals surface area contributed by atoms with Crippen molar-refractivity contribution in [3.05, 3.63) is 35.9 Å². The number of ether oxygens (including phenoxy) is 1. The zero-order valence-corrected chi connectivity index (χ0v) is 11.7. The molecule has 0 saturated heterocycles. The molecule has 0 aliphatic heterocycles. The van der Waals surface area contributed by atoms with E-state index < -0.39 is 11.4 Å². The van der Waals surface area contributed by atoms with E-state index in [0.717, 1.165) is 5.56 Å². The van der Waals surface area contributed by atoms with Gasteiger partial charge in [0.05, 0.1) is 11.3 Å². The molecule has 1 aromatic rings. The monoisotopic (exact) mass is 276 g/mol. The van der Waals surface area contributed by atoms with Gasteiger partial charge in [0, 0.05) is 0 Å². The third kappa shape index (κ3) is 3.38. The minimum absolute atomic E-state index is 0.217. The quantitative estimate of drug-likeness (QED) is 0.859. The van der Waals surface area contributed by atoms with Gasteiger partial charge >= 0.3 is 11.9 Å². The van der Waals surface area contributed by atoms with Crippen molar-refractivity contribution in [2.45, 2.75) is 39.2 Å². The van der Waals surface area contributed by atoms with E-state index >= 15 is 0 Å². The van der Waals surface area contributed by atoms with Crippen molar-refractivity contribution < 1.29 is 19.4 Å². The molecular weight excluding hydrogens is 256 g/mol. The third-order valence-electron chi connectivity index (χ3n) is 4.14. The SMILES string of the molecule is C[C@]1(C(=O)OCc2ccccc2)CC[C@H](C(=O)O)CC1. The summed E-state index contributed by atoms with van der Waals surface area (Å²) in [6, 6.07) is 9.56. The van der Waals surface area contributed by atoms with Crippen LogP contribution in [-0.4, -0.2) is 17.0 Å². The summed E-state index contributed by atoms with van der Waals surface area (Å²) in [5.74, 6) is -1.29. The molecule has 4 heteroatoms. The van der Waals surface area contributed by atoms with Crippen molar-refractivity contribution in [3.63, 3.8) is 0 Å². The molecule has 108 valence electrons. The lowest BCUT2D eigenvalue weighted by molar-refractivity contribution is -0.161. The Bertz CT molecular complexity index is 473. The summed E-state index contributed by atoms with van der Waals surface area (Å²) in [7, 11) is 0. The topological polar surface area (TPSA) is 63.6 Å². The van der Waals surface area contributed by atoms with Crippen molar-refractivity contribution in [3.8, 4) is 0 Å². The molecule has 0 unspecified atom stereocenters. The van der Waals surface area contributed by atoms with E-state index in [0.29, 0.717) is 25.7 Å². The second kappa shape index (κ2) is 6.07. The highest BCUT2D eigenvalue weighted by Crippen LogP contribution is 2.39. The van der Waals surface area contributed by atoms with Crippen molar-refractivity contribution in [2.75, 3.05) is 0 Å². The Morgan fingerprint density at radius 2 is 1.85 bits per heavy atom. The minimum Gasteiger partial charge on any atom is -0.481 e. The first-order chi connectivity index (χ1) is 9.51. The molecule has 1 saturated carbocycles. The lowest BCUT2D eigenvalue weighted by atomic mass is 9.72. The van der Waals surface area contributed by atoms with E-state index in [9.17, 15) is 9.59 Å². The molecule has 1 aliphatic rings. The van der Waals surface area contributed by atoms with Gasteiger partial charge in [-0.1, -0.05) is 30.3 Å². The third-order valence-corrected chi connectivity index (χ3v) is 4.14. The molecule has 2 rings (SSSR count). The molecule has 0 aromatic heterocycles. The van der Waals surface area contributed by atoms with Crippen LogP contribution in [0.2, 0.25) is 0 Å². The van der Waals surface area contributed by atoms with Crippen LogP contribution in [0.15, 0.2) is 30.3 Å². The van der Waals surface area contributed by atoms with Crippen LogP contribution in [0.5, 0.6) is 0 Å². The first-order valence-corrected chi connectivity index (χ1v) is 6.95. The molecular formula is C16H20O4. The van der Waals surface area contributed by atoms with Gasteiger partial charge in [-0.25, -0.2) is 0 Å². The Labute approximate surface area is 118 Å². The van der Waals surface area contributed by atoms with Gasteiger partial charge in [-0.3, -0.25) is 9.59 Å². The van der Waals surface area contributed by atoms with Gasteiger partial charge in [-0.2, -0.15) is 0 Å². The summed E-state index contributed by atoms with van der Waals surface area (Å²) in [6.07, 6.45) is 2.26. The number of carboxylic acid groups (broad SMARTS) is 1. The van der Waals surface area contributed by atoms with Crippen LogP contribution in [0.3, 0.4) is 0 Å². The number of esters is 1. The number of rotatable bonds is 4. The first-order valence-electron chi connectivity index (χ1n) is 6.95. The van der Waals surface area contributed by atoms with E-state index in [-0.39, 0.29) is 18.5 Å². The Kier molecular flexibility index (Phi) is 4.42. The normalized spacial score (nSPS) is 25.9. The highest BCUT2D eigenvalue weighted by Gasteiger charge is 2.40. The number of benzene rings is 1. The summed E-state index contributed by atoms with van der Waals surface area (Å²) < 4.78 is 5.38. The molecule has 20 heavy (non-hydrogen) atoms. The second-order valence-corrected chi connectivity index (χ2v) is 5.73. The summed E-state index contributed by atoms with van der Waals surface area (Å²) in [5.41, 5.74) is 0.421. The van der Waals surface area contributed by atoms with Crippen LogP contribution >= 0.6 is 0 Å². The van der Waals surface area contributed by atoms with Crippen LogP contribution in [0.4, 0.5) is 0 Å². The smallest absolute Gasteiger partial charge is 0.312 e. The van der Waals surface area contributed by atoms with Crippen LogP contribution in [0, 0.1) is 11.3 Å². The maximum Gasteiger partial charge on any atom is 0.312 e. The Hall–Kier alpha value is -1.84. The van der Waals surface area contributed by atoms with Gasteiger partial charge in [0.2, 0.25) is 0 Å². The summed E-state index contributed by atoms with van der Waals surface area (Å²) in [6.45, 7) is 2.15. The van der Waals surface area contributed by atoms with Crippen molar-refractivity contribution in [1.82, 2.24) is 0 Å². The lowest BCUT2D eigenvalue weighted by Gasteiger charge is -2.33. The molecule has 0 spiro atoms. The van der Waals surface area contributed by atoms with Crippen LogP contribution < -0.4 is 0 Å². The van der Waals surface area contributed by atoms with Crippen LogP contribution in [-0.2, 0) is 20.9 Å². The second-order valence-electron chi connectivity index (χ2n) is 5.73.